The molecule has 3 aliphatic rings. The molecule has 2 atom stereocenters. The van der Waals surface area contributed by atoms with Gasteiger partial charge in [-0.2, -0.15) is 0 Å². The predicted octanol–water partition coefficient (Wildman–Crippen LogP) is 12.3. The highest BCUT2D eigenvalue weighted by atomic mass is 28.3. The first-order chi connectivity index (χ1) is 23.9. The van der Waals surface area contributed by atoms with E-state index in [0.29, 0.717) is 0 Å². The Morgan fingerprint density at radius 2 is 1.35 bits per heavy atom. The first kappa shape index (κ1) is 30.2. The van der Waals surface area contributed by atoms with Crippen molar-refractivity contribution in [1.29, 1.82) is 0 Å². The maximum atomic E-state index is 6.68. The van der Waals surface area contributed by atoms with Gasteiger partial charge in [-0.15, -0.1) is 0 Å². The molecule has 241 valence electrons. The lowest BCUT2D eigenvalue weighted by Gasteiger charge is -2.29. The number of allylic oxidation sites excluding steroid dienone is 2. The third-order valence-electron chi connectivity index (χ3n) is 11.0. The van der Waals surface area contributed by atoms with Gasteiger partial charge in [-0.1, -0.05) is 104 Å². The average molecular weight is 654 g/mol. The Balaban J connectivity index is 1.37. The van der Waals surface area contributed by atoms with Gasteiger partial charge in [-0.25, -0.2) is 0 Å². The fourth-order valence-electron chi connectivity index (χ4n) is 9.03. The van der Waals surface area contributed by atoms with Crippen LogP contribution < -0.4 is 0 Å². The monoisotopic (exact) mass is 653 g/mol. The van der Waals surface area contributed by atoms with Crippen LogP contribution in [-0.4, -0.2) is 8.80 Å². The van der Waals surface area contributed by atoms with E-state index < -0.39 is 8.80 Å². The minimum atomic E-state index is -0.945. The largest absolute Gasteiger partial charge is 0.462 e. The maximum Gasteiger partial charge on any atom is 0.134 e. The van der Waals surface area contributed by atoms with Gasteiger partial charge in [-0.3, -0.25) is 0 Å². The minimum absolute atomic E-state index is 0.102. The summed E-state index contributed by atoms with van der Waals surface area (Å²) in [5.41, 5.74) is 18.0. The summed E-state index contributed by atoms with van der Waals surface area (Å²) in [7, 11) is -0.945. The van der Waals surface area contributed by atoms with Crippen LogP contribution in [-0.2, 0) is 12.8 Å². The number of fused-ring (bicyclic) bond motifs is 3. The van der Waals surface area contributed by atoms with Gasteiger partial charge in [0.2, 0.25) is 0 Å². The third kappa shape index (κ3) is 4.81. The fourth-order valence-corrected chi connectivity index (χ4v) is 10.6. The van der Waals surface area contributed by atoms with Gasteiger partial charge in [-0.05, 0) is 125 Å². The predicted molar refractivity (Wildman–Crippen MR) is 205 cm³/mol. The van der Waals surface area contributed by atoms with Crippen LogP contribution in [0.3, 0.4) is 0 Å². The van der Waals surface area contributed by atoms with Crippen molar-refractivity contribution in [3.05, 3.63) is 165 Å². The molecule has 0 spiro atoms. The molecule has 6 aromatic rings. The minimum Gasteiger partial charge on any atom is -0.462 e. The quantitative estimate of drug-likeness (QED) is 0.167. The standard InChI is InChI=1S/C46H41O2Si/c1-27-18-21-34-32(24-27)26-37(35-15-9-10-16-36(35)39-22-19-28(2)47-39)42(34)43-38-25-31-14-11-17-33(31)41(30-12-7-6-8-13-30)44(38)46(49(4)5)45(43)40-23-20-29(3)48-40/h6-10,12-13,15-16,18-26,42-43H,11,14,17H2,1-5H3. The molecule has 3 heteroatoms. The smallest absolute Gasteiger partial charge is 0.134 e. The van der Waals surface area contributed by atoms with E-state index >= 15 is 0 Å². The Bertz CT molecular complexity index is 2330. The molecule has 3 aliphatic carbocycles. The summed E-state index contributed by atoms with van der Waals surface area (Å²) in [5, 5.41) is 1.53. The molecule has 0 saturated heterocycles. The molecule has 0 aliphatic heterocycles. The van der Waals surface area contributed by atoms with Crippen LogP contribution in [0.4, 0.5) is 0 Å². The lowest BCUT2D eigenvalue weighted by Crippen LogP contribution is -2.13. The van der Waals surface area contributed by atoms with Crippen molar-refractivity contribution in [3.63, 3.8) is 0 Å². The summed E-state index contributed by atoms with van der Waals surface area (Å²) < 4.78 is 13.0. The Hall–Kier alpha value is -4.86. The summed E-state index contributed by atoms with van der Waals surface area (Å²) >= 11 is 0. The van der Waals surface area contributed by atoms with Crippen LogP contribution in [0.5, 0.6) is 0 Å². The molecule has 0 N–H and O–H groups in total. The molecule has 2 unspecified atom stereocenters. The first-order valence-electron chi connectivity index (χ1n) is 17.7. The van der Waals surface area contributed by atoms with Crippen LogP contribution in [0.15, 0.2) is 112 Å². The van der Waals surface area contributed by atoms with Crippen LogP contribution in [0.1, 0.15) is 80.0 Å². The number of benzene rings is 4. The molecule has 49 heavy (non-hydrogen) atoms. The van der Waals surface area contributed by atoms with Crippen molar-refractivity contribution in [2.24, 2.45) is 0 Å². The number of aryl methyl sites for hydroxylation is 4. The highest BCUT2D eigenvalue weighted by Gasteiger charge is 2.46. The molecule has 1 radical (unpaired) electrons. The Kier molecular flexibility index (Phi) is 7.17. The van der Waals surface area contributed by atoms with E-state index in [9.17, 15) is 0 Å². The van der Waals surface area contributed by atoms with Crippen molar-refractivity contribution >= 4 is 31.2 Å². The van der Waals surface area contributed by atoms with Gasteiger partial charge in [0.25, 0.3) is 0 Å². The molecule has 0 fully saturated rings. The number of hydrogen-bond donors (Lipinski definition) is 0. The molecule has 4 aromatic carbocycles. The molecule has 0 saturated carbocycles. The van der Waals surface area contributed by atoms with E-state index in [1.807, 2.05) is 6.92 Å². The van der Waals surface area contributed by atoms with Crippen molar-refractivity contribution < 1.29 is 8.83 Å². The van der Waals surface area contributed by atoms with Crippen LogP contribution in [0.2, 0.25) is 13.1 Å². The second-order valence-corrected chi connectivity index (χ2v) is 16.9. The molecule has 2 nitrogen and oxygen atoms in total. The van der Waals surface area contributed by atoms with Gasteiger partial charge < -0.3 is 8.83 Å². The molecule has 0 bridgehead atoms. The van der Waals surface area contributed by atoms with Crippen LogP contribution >= 0.6 is 0 Å². The lowest BCUT2D eigenvalue weighted by molar-refractivity contribution is 0.516. The van der Waals surface area contributed by atoms with Crippen LogP contribution in [0.25, 0.3) is 44.9 Å². The normalized spacial score (nSPS) is 17.9. The summed E-state index contributed by atoms with van der Waals surface area (Å²) in [6.07, 6.45) is 5.97. The average Bonchev–Trinajstić information content (AvgIpc) is 3.94. The Labute approximate surface area is 291 Å². The van der Waals surface area contributed by atoms with Gasteiger partial charge in [0.1, 0.15) is 23.0 Å². The number of hydrogen-bond acceptors (Lipinski definition) is 2. The number of furan rings is 2. The summed E-state index contributed by atoms with van der Waals surface area (Å²) in [5.74, 6) is 4.03. The molecule has 9 rings (SSSR count). The zero-order valence-corrected chi connectivity index (χ0v) is 30.0. The summed E-state index contributed by atoms with van der Waals surface area (Å²) in [6.45, 7) is 11.3. The van der Waals surface area contributed by atoms with Crippen molar-refractivity contribution in [3.8, 4) is 22.5 Å². The van der Waals surface area contributed by atoms with Crippen molar-refractivity contribution in [1.82, 2.24) is 0 Å². The fraction of sp³-hybridized carbons (Fsp3) is 0.217. The lowest BCUT2D eigenvalue weighted by atomic mass is 9.73. The van der Waals surface area contributed by atoms with E-state index in [-0.39, 0.29) is 11.8 Å². The van der Waals surface area contributed by atoms with E-state index in [1.54, 1.807) is 5.56 Å². The zero-order chi connectivity index (χ0) is 33.4. The van der Waals surface area contributed by atoms with Gasteiger partial charge >= 0.3 is 0 Å². The van der Waals surface area contributed by atoms with Crippen molar-refractivity contribution in [2.75, 3.05) is 0 Å². The second-order valence-electron chi connectivity index (χ2n) is 14.4. The SMILES string of the molecule is Cc1ccc2c(c1)C=C(c1ccccc1-c1ccc(C)o1)C2C1C(c2ccc(C)o2)=C([Si](C)C)c2c1cc1c(c2-c2ccccc2)CCC1. The van der Waals surface area contributed by atoms with E-state index in [1.165, 1.54) is 72.8 Å². The van der Waals surface area contributed by atoms with E-state index in [2.05, 4.69) is 136 Å². The highest BCUT2D eigenvalue weighted by molar-refractivity contribution is 6.79. The van der Waals surface area contributed by atoms with Crippen molar-refractivity contribution in [2.45, 2.75) is 65.0 Å². The first-order valence-corrected chi connectivity index (χ1v) is 20.2. The van der Waals surface area contributed by atoms with Gasteiger partial charge in [0.05, 0.1) is 8.80 Å². The topological polar surface area (TPSA) is 26.3 Å². The second kappa shape index (κ2) is 11.6. The third-order valence-corrected chi connectivity index (χ3v) is 12.5. The summed E-state index contributed by atoms with van der Waals surface area (Å²) in [6, 6.07) is 38.3. The highest BCUT2D eigenvalue weighted by Crippen LogP contribution is 2.62. The summed E-state index contributed by atoms with van der Waals surface area (Å²) in [4.78, 5) is 0. The molecule has 2 heterocycles. The molecular weight excluding hydrogens is 613 g/mol. The maximum absolute atomic E-state index is 6.68. The Morgan fingerprint density at radius 1 is 0.633 bits per heavy atom. The van der Waals surface area contributed by atoms with Gasteiger partial charge in [0.15, 0.2) is 0 Å². The molecular formula is C46H41O2Si. The number of rotatable bonds is 6. The Morgan fingerprint density at radius 3 is 2.06 bits per heavy atom. The van der Waals surface area contributed by atoms with Gasteiger partial charge in [0, 0.05) is 23.0 Å². The van der Waals surface area contributed by atoms with Crippen LogP contribution in [0, 0.1) is 20.8 Å². The van der Waals surface area contributed by atoms with E-state index in [0.717, 1.165) is 41.4 Å². The molecule has 0 amide bonds. The van der Waals surface area contributed by atoms with E-state index in [4.69, 9.17) is 8.83 Å². The zero-order valence-electron chi connectivity index (χ0n) is 29.0. The molecule has 2 aromatic heterocycles.